The normalized spacial score (nSPS) is 17.5. The van der Waals surface area contributed by atoms with Crippen LogP contribution in [0.15, 0.2) is 60.7 Å². The zero-order valence-corrected chi connectivity index (χ0v) is 22.9. The van der Waals surface area contributed by atoms with Crippen LogP contribution in [0.3, 0.4) is 0 Å². The van der Waals surface area contributed by atoms with Crippen molar-refractivity contribution in [1.82, 2.24) is 19.9 Å². The highest BCUT2D eigenvalue weighted by Crippen LogP contribution is 2.43. The lowest BCUT2D eigenvalue weighted by Crippen LogP contribution is -2.44. The predicted octanol–water partition coefficient (Wildman–Crippen LogP) is 8.46. The number of carbonyl (C=O) groups excluding carboxylic acids is 1. The molecule has 3 aromatic carbocycles. The standard InChI is InChI=1S/C29H20ClF5N4OS/c1-28(27-36-21-13-19(29(33,34)35)20(30)14-22(21)37-27)10-3-11-39(28)26(40)23-24(15-6-8-17(31)9-7-15)41-25(38-23)16-4-2-5-18(32)12-16/h2,4-9,12-14H,3,10-11H2,1H3,(H,36,37). The number of carbonyl (C=O) groups is 1. The lowest BCUT2D eigenvalue weighted by Gasteiger charge is -2.33. The molecule has 1 atom stereocenters. The lowest BCUT2D eigenvalue weighted by atomic mass is 9.97. The van der Waals surface area contributed by atoms with Crippen molar-refractivity contribution in [1.29, 1.82) is 0 Å². The van der Waals surface area contributed by atoms with E-state index in [1.54, 1.807) is 36.1 Å². The van der Waals surface area contributed by atoms with E-state index in [2.05, 4.69) is 15.0 Å². The first-order chi connectivity index (χ1) is 19.4. The van der Waals surface area contributed by atoms with E-state index in [0.29, 0.717) is 46.2 Å². The van der Waals surface area contributed by atoms with E-state index in [-0.39, 0.29) is 16.7 Å². The maximum absolute atomic E-state index is 14.2. The molecular weight excluding hydrogens is 583 g/mol. The third-order valence-electron chi connectivity index (χ3n) is 7.28. The molecule has 5 nitrogen and oxygen atoms in total. The van der Waals surface area contributed by atoms with Crippen molar-refractivity contribution in [2.45, 2.75) is 31.5 Å². The molecule has 1 fully saturated rings. The molecule has 1 aliphatic heterocycles. The molecule has 6 rings (SSSR count). The molecule has 1 aliphatic rings. The summed E-state index contributed by atoms with van der Waals surface area (Å²) in [6.07, 6.45) is -3.54. The second-order valence-corrected chi connectivity index (χ2v) is 11.4. The van der Waals surface area contributed by atoms with Crippen LogP contribution in [0, 0.1) is 11.6 Å². The Balaban J connectivity index is 1.43. The number of halogens is 6. The van der Waals surface area contributed by atoms with Gasteiger partial charge in [-0.2, -0.15) is 13.2 Å². The highest BCUT2D eigenvalue weighted by molar-refractivity contribution is 7.18. The third-order valence-corrected chi connectivity index (χ3v) is 8.75. The van der Waals surface area contributed by atoms with Gasteiger partial charge < -0.3 is 9.88 Å². The quantitative estimate of drug-likeness (QED) is 0.210. The van der Waals surface area contributed by atoms with Crippen molar-refractivity contribution in [3.63, 3.8) is 0 Å². The van der Waals surface area contributed by atoms with Crippen LogP contribution in [0.25, 0.3) is 32.0 Å². The maximum Gasteiger partial charge on any atom is 0.417 e. The molecule has 5 aromatic rings. The molecular formula is C29H20ClF5N4OS. The van der Waals surface area contributed by atoms with Gasteiger partial charge in [-0.15, -0.1) is 11.3 Å². The smallest absolute Gasteiger partial charge is 0.340 e. The summed E-state index contributed by atoms with van der Waals surface area (Å²) in [4.78, 5) is 28.4. The number of thiazole rings is 1. The molecule has 1 amide bonds. The van der Waals surface area contributed by atoms with Crippen LogP contribution in [0.5, 0.6) is 0 Å². The number of rotatable bonds is 4. The largest absolute Gasteiger partial charge is 0.417 e. The number of alkyl halides is 3. The minimum absolute atomic E-state index is 0.104. The number of nitrogens with zero attached hydrogens (tertiary/aromatic N) is 3. The summed E-state index contributed by atoms with van der Waals surface area (Å²) in [6, 6.07) is 13.5. The summed E-state index contributed by atoms with van der Waals surface area (Å²) in [7, 11) is 0. The van der Waals surface area contributed by atoms with Crippen molar-refractivity contribution in [3.05, 3.63) is 94.4 Å². The van der Waals surface area contributed by atoms with Gasteiger partial charge in [-0.05, 0) is 61.7 Å². The number of benzene rings is 3. The average molecular weight is 603 g/mol. The lowest BCUT2D eigenvalue weighted by molar-refractivity contribution is -0.137. The highest BCUT2D eigenvalue weighted by atomic mass is 35.5. The molecule has 0 saturated carbocycles. The Bertz CT molecular complexity index is 1800. The van der Waals surface area contributed by atoms with Crippen LogP contribution in [0.1, 0.15) is 41.6 Å². The van der Waals surface area contributed by atoms with Gasteiger partial charge in [-0.25, -0.2) is 18.7 Å². The molecule has 1 saturated heterocycles. The summed E-state index contributed by atoms with van der Waals surface area (Å²) < 4.78 is 68.0. The van der Waals surface area contributed by atoms with Crippen molar-refractivity contribution in [3.8, 4) is 21.0 Å². The first kappa shape index (κ1) is 27.3. The van der Waals surface area contributed by atoms with Crippen molar-refractivity contribution in [2.24, 2.45) is 0 Å². The van der Waals surface area contributed by atoms with Crippen molar-refractivity contribution >= 4 is 39.9 Å². The van der Waals surface area contributed by atoms with E-state index in [4.69, 9.17) is 11.6 Å². The van der Waals surface area contributed by atoms with Crippen LogP contribution < -0.4 is 0 Å². The summed E-state index contributed by atoms with van der Waals surface area (Å²) in [5.41, 5.74) is -0.442. The number of hydrogen-bond acceptors (Lipinski definition) is 4. The van der Waals surface area contributed by atoms with Gasteiger partial charge in [-0.1, -0.05) is 35.9 Å². The van der Waals surface area contributed by atoms with Crippen LogP contribution in [-0.4, -0.2) is 32.3 Å². The zero-order chi connectivity index (χ0) is 29.1. The van der Waals surface area contributed by atoms with Gasteiger partial charge in [0.2, 0.25) is 0 Å². The number of aromatic amines is 1. The Morgan fingerprint density at radius 1 is 1.02 bits per heavy atom. The molecule has 0 bridgehead atoms. The Hall–Kier alpha value is -3.83. The van der Waals surface area contributed by atoms with Crippen LogP contribution in [0.4, 0.5) is 22.0 Å². The number of imidazole rings is 1. The Kier molecular flexibility index (Phi) is 6.61. The minimum atomic E-state index is -4.64. The summed E-state index contributed by atoms with van der Waals surface area (Å²) >= 11 is 7.09. The van der Waals surface area contributed by atoms with Gasteiger partial charge in [0, 0.05) is 12.1 Å². The second-order valence-electron chi connectivity index (χ2n) is 9.98. The third kappa shape index (κ3) is 4.87. The molecule has 0 aliphatic carbocycles. The molecule has 210 valence electrons. The molecule has 0 spiro atoms. The summed E-state index contributed by atoms with van der Waals surface area (Å²) in [5.74, 6) is -1.02. The first-order valence-corrected chi connectivity index (χ1v) is 13.7. The Labute approximate surface area is 239 Å². The number of nitrogens with one attached hydrogen (secondary N) is 1. The number of fused-ring (bicyclic) bond motifs is 1. The fourth-order valence-electron chi connectivity index (χ4n) is 5.17. The molecule has 1 N–H and O–H groups in total. The maximum atomic E-state index is 14.2. The topological polar surface area (TPSA) is 61.9 Å². The molecule has 1 unspecified atom stereocenters. The first-order valence-electron chi connectivity index (χ1n) is 12.6. The number of hydrogen-bond donors (Lipinski definition) is 1. The van der Waals surface area contributed by atoms with Gasteiger partial charge >= 0.3 is 6.18 Å². The monoisotopic (exact) mass is 602 g/mol. The molecule has 2 aromatic heterocycles. The zero-order valence-electron chi connectivity index (χ0n) is 21.3. The van der Waals surface area contributed by atoms with E-state index in [1.807, 2.05) is 0 Å². The van der Waals surface area contributed by atoms with E-state index in [9.17, 15) is 26.7 Å². The predicted molar refractivity (Wildman–Crippen MR) is 147 cm³/mol. The second kappa shape index (κ2) is 9.92. The average Bonchev–Trinajstić information content (AvgIpc) is 3.65. The number of H-pyrrole nitrogens is 1. The Morgan fingerprint density at radius 3 is 2.49 bits per heavy atom. The van der Waals surface area contributed by atoms with Gasteiger partial charge in [0.25, 0.3) is 5.91 Å². The minimum Gasteiger partial charge on any atom is -0.340 e. The van der Waals surface area contributed by atoms with Gasteiger partial charge in [-0.3, -0.25) is 4.79 Å². The summed E-state index contributed by atoms with van der Waals surface area (Å²) in [5, 5.41) is -0.0602. The van der Waals surface area contributed by atoms with Crippen LogP contribution in [-0.2, 0) is 11.7 Å². The Morgan fingerprint density at radius 2 is 1.78 bits per heavy atom. The number of amides is 1. The van der Waals surface area contributed by atoms with Gasteiger partial charge in [0.05, 0.1) is 32.0 Å². The fraction of sp³-hybridized carbons (Fsp3) is 0.207. The molecule has 0 radical (unpaired) electrons. The van der Waals surface area contributed by atoms with E-state index in [1.165, 1.54) is 35.6 Å². The highest BCUT2D eigenvalue weighted by Gasteiger charge is 2.45. The van der Waals surface area contributed by atoms with Crippen molar-refractivity contribution in [2.75, 3.05) is 6.54 Å². The molecule has 3 heterocycles. The molecule has 41 heavy (non-hydrogen) atoms. The number of aromatic nitrogens is 3. The summed E-state index contributed by atoms with van der Waals surface area (Å²) in [6.45, 7) is 2.13. The van der Waals surface area contributed by atoms with Crippen LogP contribution >= 0.6 is 22.9 Å². The van der Waals surface area contributed by atoms with E-state index < -0.39 is 39.8 Å². The number of likely N-dealkylation sites (tertiary alicyclic amines) is 1. The van der Waals surface area contributed by atoms with E-state index >= 15 is 0 Å². The van der Waals surface area contributed by atoms with Crippen LogP contribution in [0.2, 0.25) is 5.02 Å². The fourth-order valence-corrected chi connectivity index (χ4v) is 6.50. The molecule has 12 heteroatoms. The van der Waals surface area contributed by atoms with Gasteiger partial charge in [0.15, 0.2) is 0 Å². The van der Waals surface area contributed by atoms with Gasteiger partial charge in [0.1, 0.15) is 28.2 Å². The van der Waals surface area contributed by atoms with E-state index in [0.717, 1.165) is 12.1 Å². The SMILES string of the molecule is CC1(c2nc3cc(Cl)c(C(F)(F)F)cc3[nH]2)CCCN1C(=O)c1nc(-c2cccc(F)c2)sc1-c1ccc(F)cc1. The van der Waals surface area contributed by atoms with Crippen molar-refractivity contribution < 1.29 is 26.7 Å².